The average molecular weight is 371 g/mol. The summed E-state index contributed by atoms with van der Waals surface area (Å²) in [5.41, 5.74) is 1.36. The molecule has 1 aromatic carbocycles. The number of carbonyl (C=O) groups excluding carboxylic acids is 1. The quantitative estimate of drug-likeness (QED) is 0.724. The predicted molar refractivity (Wildman–Crippen MR) is 98.6 cm³/mol. The van der Waals surface area contributed by atoms with Gasteiger partial charge < -0.3 is 10.2 Å². The monoisotopic (exact) mass is 371 g/mol. The topological polar surface area (TPSA) is 63.1 Å². The van der Waals surface area contributed by atoms with Gasteiger partial charge in [0.05, 0.1) is 13.0 Å². The zero-order valence-electron chi connectivity index (χ0n) is 15.0. The number of nitrogens with zero attached hydrogens (tertiary/aromatic N) is 4. The lowest BCUT2D eigenvalue weighted by molar-refractivity contribution is -0.115. The van der Waals surface area contributed by atoms with Crippen molar-refractivity contribution in [1.29, 1.82) is 0 Å². The van der Waals surface area contributed by atoms with E-state index in [1.807, 2.05) is 31.1 Å². The van der Waals surface area contributed by atoms with Crippen LogP contribution in [0, 0.1) is 11.6 Å². The number of anilines is 2. The van der Waals surface area contributed by atoms with Crippen LogP contribution >= 0.6 is 0 Å². The number of benzene rings is 1. The smallest absolute Gasteiger partial charge is 0.230 e. The minimum absolute atomic E-state index is 0.177. The molecule has 1 N–H and O–H groups in total. The molecular formula is C19H19F2N5O. The van der Waals surface area contributed by atoms with E-state index < -0.39 is 11.6 Å². The van der Waals surface area contributed by atoms with Crippen LogP contribution in [0.25, 0.3) is 0 Å². The average Bonchev–Trinajstić information content (AvgIpc) is 3.05. The van der Waals surface area contributed by atoms with Crippen LogP contribution in [0.1, 0.15) is 11.1 Å². The van der Waals surface area contributed by atoms with Gasteiger partial charge >= 0.3 is 0 Å². The van der Waals surface area contributed by atoms with Gasteiger partial charge in [0.1, 0.15) is 5.82 Å². The van der Waals surface area contributed by atoms with E-state index in [0.717, 1.165) is 23.5 Å². The van der Waals surface area contributed by atoms with Gasteiger partial charge in [-0.2, -0.15) is 5.10 Å². The molecule has 140 valence electrons. The zero-order chi connectivity index (χ0) is 19.4. The van der Waals surface area contributed by atoms with Crippen molar-refractivity contribution in [2.45, 2.75) is 13.0 Å². The number of amides is 1. The van der Waals surface area contributed by atoms with Crippen LogP contribution in [0.4, 0.5) is 20.4 Å². The summed E-state index contributed by atoms with van der Waals surface area (Å²) in [5, 5.41) is 6.93. The second-order valence-electron chi connectivity index (χ2n) is 6.29. The maximum Gasteiger partial charge on any atom is 0.230 e. The van der Waals surface area contributed by atoms with Gasteiger partial charge in [-0.3, -0.25) is 9.48 Å². The van der Waals surface area contributed by atoms with E-state index in [2.05, 4.69) is 15.4 Å². The third-order valence-corrected chi connectivity index (χ3v) is 3.87. The predicted octanol–water partition coefficient (Wildman–Crippen LogP) is 2.85. The summed E-state index contributed by atoms with van der Waals surface area (Å²) in [6, 6.07) is 9.03. The van der Waals surface area contributed by atoms with Crippen molar-refractivity contribution in [2.24, 2.45) is 0 Å². The van der Waals surface area contributed by atoms with E-state index in [9.17, 15) is 13.6 Å². The highest BCUT2D eigenvalue weighted by Crippen LogP contribution is 2.12. The van der Waals surface area contributed by atoms with Crippen molar-refractivity contribution in [1.82, 2.24) is 14.8 Å². The second-order valence-corrected chi connectivity index (χ2v) is 6.29. The van der Waals surface area contributed by atoms with Crippen molar-refractivity contribution >= 4 is 17.5 Å². The molecule has 0 spiro atoms. The summed E-state index contributed by atoms with van der Waals surface area (Å²) in [6.07, 6.45) is 3.50. The molecule has 3 rings (SSSR count). The van der Waals surface area contributed by atoms with Gasteiger partial charge in [0.25, 0.3) is 0 Å². The highest BCUT2D eigenvalue weighted by Gasteiger charge is 2.09. The van der Waals surface area contributed by atoms with E-state index in [-0.39, 0.29) is 18.9 Å². The van der Waals surface area contributed by atoms with Gasteiger partial charge in [-0.15, -0.1) is 0 Å². The van der Waals surface area contributed by atoms with Crippen molar-refractivity contribution in [3.05, 3.63) is 71.6 Å². The van der Waals surface area contributed by atoms with Gasteiger partial charge in [-0.1, -0.05) is 12.1 Å². The Balaban J connectivity index is 1.58. The number of carbonyl (C=O) groups is 1. The van der Waals surface area contributed by atoms with Gasteiger partial charge in [0, 0.05) is 32.6 Å². The molecule has 3 aromatic rings. The molecule has 0 aliphatic heterocycles. The van der Waals surface area contributed by atoms with Crippen LogP contribution in [0.15, 0.2) is 48.8 Å². The molecule has 27 heavy (non-hydrogen) atoms. The standard InChI is InChI=1S/C19H19F2N5O/c1-25(2)18-6-4-13(11-22-18)10-19(27)23-17-7-8-26(24-17)12-14-3-5-15(20)16(21)9-14/h3-9,11H,10,12H2,1-2H3,(H,23,24,27). The van der Waals surface area contributed by atoms with Gasteiger partial charge in [-0.05, 0) is 29.3 Å². The zero-order valence-corrected chi connectivity index (χ0v) is 15.0. The summed E-state index contributed by atoms with van der Waals surface area (Å²) < 4.78 is 27.8. The van der Waals surface area contributed by atoms with Crippen molar-refractivity contribution in [3.63, 3.8) is 0 Å². The highest BCUT2D eigenvalue weighted by atomic mass is 19.2. The summed E-state index contributed by atoms with van der Waals surface area (Å²) in [7, 11) is 3.79. The molecular weight excluding hydrogens is 352 g/mol. The minimum Gasteiger partial charge on any atom is -0.363 e. The summed E-state index contributed by atoms with van der Waals surface area (Å²) >= 11 is 0. The molecule has 8 heteroatoms. The SMILES string of the molecule is CN(C)c1ccc(CC(=O)Nc2ccn(Cc3ccc(F)c(F)c3)n2)cn1. The molecule has 0 bridgehead atoms. The first kappa shape index (κ1) is 18.5. The van der Waals surface area contributed by atoms with E-state index in [1.165, 1.54) is 10.7 Å². The molecule has 2 heterocycles. The Bertz CT molecular complexity index is 938. The lowest BCUT2D eigenvalue weighted by Crippen LogP contribution is -2.16. The fourth-order valence-electron chi connectivity index (χ4n) is 2.50. The molecule has 6 nitrogen and oxygen atoms in total. The third-order valence-electron chi connectivity index (χ3n) is 3.87. The molecule has 0 atom stereocenters. The van der Waals surface area contributed by atoms with E-state index in [0.29, 0.717) is 11.4 Å². The number of nitrogens with one attached hydrogen (secondary N) is 1. The normalized spacial score (nSPS) is 10.7. The lowest BCUT2D eigenvalue weighted by atomic mass is 10.2. The molecule has 0 saturated heterocycles. The van der Waals surface area contributed by atoms with E-state index in [4.69, 9.17) is 0 Å². The fourth-order valence-corrected chi connectivity index (χ4v) is 2.50. The van der Waals surface area contributed by atoms with E-state index >= 15 is 0 Å². The Kier molecular flexibility index (Phi) is 5.44. The van der Waals surface area contributed by atoms with Crippen molar-refractivity contribution in [3.8, 4) is 0 Å². The maximum absolute atomic E-state index is 13.3. The summed E-state index contributed by atoms with van der Waals surface area (Å²) in [6.45, 7) is 0.267. The Morgan fingerprint density at radius 1 is 1.11 bits per heavy atom. The number of pyridine rings is 1. The second kappa shape index (κ2) is 7.94. The van der Waals surface area contributed by atoms with Gasteiger partial charge in [0.2, 0.25) is 5.91 Å². The lowest BCUT2D eigenvalue weighted by Gasteiger charge is -2.11. The Hall–Kier alpha value is -3.29. The Morgan fingerprint density at radius 3 is 2.56 bits per heavy atom. The van der Waals surface area contributed by atoms with Crippen LogP contribution in [-0.4, -0.2) is 34.8 Å². The van der Waals surface area contributed by atoms with Crippen molar-refractivity contribution in [2.75, 3.05) is 24.3 Å². The summed E-state index contributed by atoms with van der Waals surface area (Å²) in [4.78, 5) is 18.3. The molecule has 2 aromatic heterocycles. The van der Waals surface area contributed by atoms with Crippen LogP contribution in [0.3, 0.4) is 0 Å². The minimum atomic E-state index is -0.901. The number of hydrogen-bond donors (Lipinski definition) is 1. The first-order chi connectivity index (χ1) is 12.9. The van der Waals surface area contributed by atoms with Gasteiger partial charge in [0.15, 0.2) is 17.5 Å². The Morgan fingerprint density at radius 2 is 1.89 bits per heavy atom. The molecule has 0 aliphatic rings. The van der Waals surface area contributed by atoms with Crippen LogP contribution in [-0.2, 0) is 17.8 Å². The molecule has 0 unspecified atom stereocenters. The van der Waals surface area contributed by atoms with E-state index in [1.54, 1.807) is 18.5 Å². The Labute approximate surface area is 155 Å². The molecule has 0 radical (unpaired) electrons. The molecule has 0 aliphatic carbocycles. The maximum atomic E-state index is 13.3. The fraction of sp³-hybridized carbons (Fsp3) is 0.211. The van der Waals surface area contributed by atoms with Crippen molar-refractivity contribution < 1.29 is 13.6 Å². The molecule has 0 saturated carbocycles. The summed E-state index contributed by atoms with van der Waals surface area (Å²) in [5.74, 6) is -0.801. The number of rotatable bonds is 6. The first-order valence-electron chi connectivity index (χ1n) is 8.30. The number of aromatic nitrogens is 3. The largest absolute Gasteiger partial charge is 0.363 e. The molecule has 1 amide bonds. The van der Waals surface area contributed by atoms with Crippen LogP contribution in [0.2, 0.25) is 0 Å². The molecule has 0 fully saturated rings. The number of halogens is 2. The third kappa shape index (κ3) is 4.87. The van der Waals surface area contributed by atoms with Gasteiger partial charge in [-0.25, -0.2) is 13.8 Å². The first-order valence-corrected chi connectivity index (χ1v) is 8.30. The highest BCUT2D eigenvalue weighted by molar-refractivity contribution is 5.91. The van der Waals surface area contributed by atoms with Crippen LogP contribution < -0.4 is 10.2 Å². The van der Waals surface area contributed by atoms with Crippen LogP contribution in [0.5, 0.6) is 0 Å². The number of hydrogen-bond acceptors (Lipinski definition) is 4.